The molecule has 16 heavy (non-hydrogen) atoms. The highest BCUT2D eigenvalue weighted by Gasteiger charge is 2.22. The van der Waals surface area contributed by atoms with E-state index in [2.05, 4.69) is 0 Å². The highest BCUT2D eigenvalue weighted by molar-refractivity contribution is 5.29. The van der Waals surface area contributed by atoms with Crippen LogP contribution in [-0.2, 0) is 12.1 Å². The molecular formula is C13H19F2N. The Morgan fingerprint density at radius 3 is 2.19 bits per heavy atom. The topological polar surface area (TPSA) is 26.0 Å². The summed E-state index contributed by atoms with van der Waals surface area (Å²) >= 11 is 0. The molecule has 0 radical (unpaired) electrons. The van der Waals surface area contributed by atoms with Crippen molar-refractivity contribution in [2.75, 3.05) is 0 Å². The predicted molar refractivity (Wildman–Crippen MR) is 62.5 cm³/mol. The van der Waals surface area contributed by atoms with Gasteiger partial charge in [0.05, 0.1) is 0 Å². The summed E-state index contributed by atoms with van der Waals surface area (Å²) in [5, 5.41) is 0. The first kappa shape index (κ1) is 13.1. The van der Waals surface area contributed by atoms with Gasteiger partial charge in [0, 0.05) is 5.54 Å². The van der Waals surface area contributed by atoms with Crippen LogP contribution in [0.5, 0.6) is 0 Å². The molecule has 0 spiro atoms. The summed E-state index contributed by atoms with van der Waals surface area (Å²) in [5.41, 5.74) is 4.83. The van der Waals surface area contributed by atoms with Crippen LogP contribution >= 0.6 is 0 Å². The van der Waals surface area contributed by atoms with Gasteiger partial charge in [0.15, 0.2) is 0 Å². The summed E-state index contributed by atoms with van der Waals surface area (Å²) in [6.45, 7) is 6.55. The van der Waals surface area contributed by atoms with Crippen LogP contribution in [0.15, 0.2) is 18.2 Å². The van der Waals surface area contributed by atoms with Crippen LogP contribution in [0.2, 0.25) is 0 Å². The second-order valence-corrected chi connectivity index (χ2v) is 5.44. The average molecular weight is 227 g/mol. The van der Waals surface area contributed by atoms with E-state index in [1.807, 2.05) is 13.8 Å². The van der Waals surface area contributed by atoms with Crippen molar-refractivity contribution in [2.24, 2.45) is 5.73 Å². The number of alkyl halides is 1. The van der Waals surface area contributed by atoms with Gasteiger partial charge in [-0.3, -0.25) is 0 Å². The van der Waals surface area contributed by atoms with E-state index in [1.165, 1.54) is 26.0 Å². The van der Waals surface area contributed by atoms with Gasteiger partial charge in [-0.05, 0) is 57.4 Å². The normalized spacial score (nSPS) is 12.9. The van der Waals surface area contributed by atoms with Gasteiger partial charge >= 0.3 is 0 Å². The summed E-state index contributed by atoms with van der Waals surface area (Å²) in [6, 6.07) is 4.34. The third-order valence-corrected chi connectivity index (χ3v) is 2.38. The summed E-state index contributed by atoms with van der Waals surface area (Å²) in [7, 11) is 0. The Labute approximate surface area is 95.7 Å². The molecule has 0 bridgehead atoms. The molecule has 1 nitrogen and oxygen atoms in total. The highest BCUT2D eigenvalue weighted by atomic mass is 19.1. The molecule has 0 fully saturated rings. The van der Waals surface area contributed by atoms with E-state index >= 15 is 0 Å². The molecule has 1 aromatic rings. The molecule has 3 heteroatoms. The molecule has 0 aromatic heterocycles. The minimum Gasteiger partial charge on any atom is -0.325 e. The zero-order valence-electron chi connectivity index (χ0n) is 10.3. The summed E-state index contributed by atoms with van der Waals surface area (Å²) in [6.07, 6.45) is 0.392. The lowest BCUT2D eigenvalue weighted by molar-refractivity contribution is 0.221. The fraction of sp³-hybridized carbons (Fsp3) is 0.538. The van der Waals surface area contributed by atoms with E-state index < -0.39 is 11.2 Å². The minimum atomic E-state index is -1.46. The number of halogens is 2. The SMILES string of the molecule is CC(C)(N)Cc1cc(C(C)(C)F)ccc1F. The van der Waals surface area contributed by atoms with Crippen molar-refractivity contribution in [1.29, 1.82) is 0 Å². The molecule has 0 aliphatic heterocycles. The first-order valence-electron chi connectivity index (χ1n) is 5.36. The monoisotopic (exact) mass is 227 g/mol. The van der Waals surface area contributed by atoms with Gasteiger partial charge < -0.3 is 5.73 Å². The lowest BCUT2D eigenvalue weighted by Crippen LogP contribution is -2.34. The van der Waals surface area contributed by atoms with Crippen molar-refractivity contribution in [2.45, 2.75) is 45.3 Å². The van der Waals surface area contributed by atoms with Gasteiger partial charge in [-0.1, -0.05) is 6.07 Å². The van der Waals surface area contributed by atoms with Crippen molar-refractivity contribution in [3.8, 4) is 0 Å². The van der Waals surface area contributed by atoms with E-state index in [4.69, 9.17) is 5.73 Å². The molecular weight excluding hydrogens is 208 g/mol. The van der Waals surface area contributed by atoms with Crippen molar-refractivity contribution < 1.29 is 8.78 Å². The van der Waals surface area contributed by atoms with Crippen LogP contribution in [0.3, 0.4) is 0 Å². The Kier molecular flexibility index (Phi) is 3.38. The van der Waals surface area contributed by atoms with Gasteiger partial charge in [-0.25, -0.2) is 8.78 Å². The fourth-order valence-electron chi connectivity index (χ4n) is 1.57. The number of nitrogens with two attached hydrogens (primary N) is 1. The quantitative estimate of drug-likeness (QED) is 0.842. The van der Waals surface area contributed by atoms with E-state index in [0.717, 1.165) is 0 Å². The number of hydrogen-bond donors (Lipinski definition) is 1. The van der Waals surface area contributed by atoms with Crippen LogP contribution in [0, 0.1) is 5.82 Å². The largest absolute Gasteiger partial charge is 0.325 e. The molecule has 0 atom stereocenters. The van der Waals surface area contributed by atoms with E-state index in [0.29, 0.717) is 17.5 Å². The maximum absolute atomic E-state index is 13.7. The Morgan fingerprint density at radius 2 is 1.75 bits per heavy atom. The molecule has 1 aromatic carbocycles. The summed E-state index contributed by atoms with van der Waals surface area (Å²) < 4.78 is 27.2. The van der Waals surface area contributed by atoms with E-state index in [-0.39, 0.29) is 5.82 Å². The molecule has 2 N–H and O–H groups in total. The van der Waals surface area contributed by atoms with Gasteiger partial charge in [-0.2, -0.15) is 0 Å². The van der Waals surface area contributed by atoms with Gasteiger partial charge in [0.1, 0.15) is 11.5 Å². The first-order chi connectivity index (χ1) is 7.09. The van der Waals surface area contributed by atoms with Gasteiger partial charge in [0.2, 0.25) is 0 Å². The average Bonchev–Trinajstić information content (AvgIpc) is 2.04. The molecule has 90 valence electrons. The van der Waals surface area contributed by atoms with E-state index in [9.17, 15) is 8.78 Å². The Balaban J connectivity index is 3.10. The van der Waals surface area contributed by atoms with Gasteiger partial charge in [0.25, 0.3) is 0 Å². The number of hydrogen-bond acceptors (Lipinski definition) is 1. The third kappa shape index (κ3) is 3.56. The van der Waals surface area contributed by atoms with Crippen LogP contribution in [0.4, 0.5) is 8.78 Å². The van der Waals surface area contributed by atoms with Crippen molar-refractivity contribution in [3.05, 3.63) is 35.1 Å². The second kappa shape index (κ2) is 4.13. The third-order valence-electron chi connectivity index (χ3n) is 2.38. The molecule has 0 aliphatic carbocycles. The Bertz CT molecular complexity index is 372. The van der Waals surface area contributed by atoms with Crippen molar-refractivity contribution in [3.63, 3.8) is 0 Å². The molecule has 0 amide bonds. The van der Waals surface area contributed by atoms with Crippen LogP contribution < -0.4 is 5.73 Å². The number of benzene rings is 1. The zero-order chi connectivity index (χ0) is 12.6. The Morgan fingerprint density at radius 1 is 1.19 bits per heavy atom. The number of rotatable bonds is 3. The summed E-state index contributed by atoms with van der Waals surface area (Å²) in [5.74, 6) is -0.327. The van der Waals surface area contributed by atoms with E-state index in [1.54, 1.807) is 6.07 Å². The van der Waals surface area contributed by atoms with Crippen molar-refractivity contribution in [1.82, 2.24) is 0 Å². The second-order valence-electron chi connectivity index (χ2n) is 5.44. The lowest BCUT2D eigenvalue weighted by Gasteiger charge is -2.21. The standard InChI is InChI=1S/C13H19F2N/c1-12(2,16)8-9-7-10(13(3,4)15)5-6-11(9)14/h5-7H,8,16H2,1-4H3. The van der Waals surface area contributed by atoms with Crippen LogP contribution in [-0.4, -0.2) is 5.54 Å². The van der Waals surface area contributed by atoms with Crippen LogP contribution in [0.1, 0.15) is 38.8 Å². The van der Waals surface area contributed by atoms with Crippen molar-refractivity contribution >= 4 is 0 Å². The zero-order valence-corrected chi connectivity index (χ0v) is 10.3. The fourth-order valence-corrected chi connectivity index (χ4v) is 1.57. The molecule has 0 unspecified atom stereocenters. The first-order valence-corrected chi connectivity index (χ1v) is 5.36. The molecule has 0 saturated heterocycles. The Hall–Kier alpha value is -0.960. The maximum atomic E-state index is 13.7. The molecule has 0 aliphatic rings. The lowest BCUT2D eigenvalue weighted by atomic mass is 9.91. The smallest absolute Gasteiger partial charge is 0.130 e. The molecule has 0 heterocycles. The van der Waals surface area contributed by atoms with Gasteiger partial charge in [-0.15, -0.1) is 0 Å². The van der Waals surface area contributed by atoms with Crippen LogP contribution in [0.25, 0.3) is 0 Å². The minimum absolute atomic E-state index is 0.327. The summed E-state index contributed by atoms with van der Waals surface area (Å²) in [4.78, 5) is 0. The molecule has 0 saturated carbocycles. The maximum Gasteiger partial charge on any atom is 0.130 e. The highest BCUT2D eigenvalue weighted by Crippen LogP contribution is 2.27. The molecule has 1 rings (SSSR count). The predicted octanol–water partition coefficient (Wildman–Crippen LogP) is 3.31.